The lowest BCUT2D eigenvalue weighted by Gasteiger charge is -2.35. The Morgan fingerprint density at radius 1 is 0.931 bits per heavy atom. The lowest BCUT2D eigenvalue weighted by Crippen LogP contribution is -2.48. The summed E-state index contributed by atoms with van der Waals surface area (Å²) < 4.78 is 16.5. The topological polar surface area (TPSA) is 54.4 Å². The van der Waals surface area contributed by atoms with Gasteiger partial charge in [-0.2, -0.15) is 0 Å². The van der Waals surface area contributed by atoms with Gasteiger partial charge in [0.25, 0.3) is 0 Å². The third-order valence-corrected chi connectivity index (χ3v) is 5.52. The van der Waals surface area contributed by atoms with Gasteiger partial charge < -0.3 is 19.3 Å². The fourth-order valence-corrected chi connectivity index (χ4v) is 3.80. The summed E-state index contributed by atoms with van der Waals surface area (Å²) in [6, 6.07) is 13.7. The summed E-state index contributed by atoms with van der Waals surface area (Å²) in [6.45, 7) is 6.51. The van der Waals surface area contributed by atoms with Gasteiger partial charge in [-0.25, -0.2) is 0 Å². The van der Waals surface area contributed by atoms with Crippen molar-refractivity contribution in [3.63, 3.8) is 0 Å². The first-order valence-electron chi connectivity index (χ1n) is 9.99. The average Bonchev–Trinajstić information content (AvgIpc) is 3.19. The molecule has 1 N–H and O–H groups in total. The normalized spacial score (nSPS) is 18.1. The molecule has 0 bridgehead atoms. The van der Waals surface area contributed by atoms with E-state index in [1.807, 2.05) is 30.3 Å². The van der Waals surface area contributed by atoms with Crippen LogP contribution in [0.2, 0.25) is 5.02 Å². The van der Waals surface area contributed by atoms with Gasteiger partial charge in [0, 0.05) is 44.3 Å². The van der Waals surface area contributed by atoms with Gasteiger partial charge in [-0.1, -0.05) is 29.8 Å². The van der Waals surface area contributed by atoms with Crippen molar-refractivity contribution < 1.29 is 19.3 Å². The molecule has 2 aromatic carbocycles. The highest BCUT2D eigenvalue weighted by Gasteiger charge is 2.20. The van der Waals surface area contributed by atoms with Gasteiger partial charge in [-0.15, -0.1) is 0 Å². The van der Waals surface area contributed by atoms with Crippen molar-refractivity contribution in [3.8, 4) is 11.5 Å². The minimum absolute atomic E-state index is 0.309. The van der Waals surface area contributed by atoms with Crippen molar-refractivity contribution in [2.75, 3.05) is 46.1 Å². The van der Waals surface area contributed by atoms with Crippen LogP contribution in [0.25, 0.3) is 0 Å². The van der Waals surface area contributed by atoms with Crippen molar-refractivity contribution in [1.29, 1.82) is 0 Å². The maximum absolute atomic E-state index is 10.3. The monoisotopic (exact) mass is 418 g/mol. The van der Waals surface area contributed by atoms with Crippen molar-refractivity contribution in [2.45, 2.75) is 19.3 Å². The Hall–Kier alpha value is -1.83. The first-order chi connectivity index (χ1) is 14.2. The van der Waals surface area contributed by atoms with Gasteiger partial charge in [0.2, 0.25) is 6.79 Å². The van der Waals surface area contributed by atoms with Crippen LogP contribution >= 0.6 is 11.6 Å². The van der Waals surface area contributed by atoms with Crippen LogP contribution in [-0.4, -0.2) is 67.1 Å². The van der Waals surface area contributed by atoms with Crippen LogP contribution in [-0.2, 0) is 17.9 Å². The summed E-state index contributed by atoms with van der Waals surface area (Å²) in [5.74, 6) is 1.66. The molecule has 0 saturated carbocycles. The van der Waals surface area contributed by atoms with Crippen molar-refractivity contribution >= 4 is 11.6 Å². The highest BCUT2D eigenvalue weighted by Crippen LogP contribution is 2.32. The number of aliphatic hydroxyl groups is 1. The second-order valence-corrected chi connectivity index (χ2v) is 8.00. The van der Waals surface area contributed by atoms with Crippen molar-refractivity contribution in [1.82, 2.24) is 9.80 Å². The van der Waals surface area contributed by atoms with E-state index in [1.54, 1.807) is 0 Å². The molecule has 2 heterocycles. The van der Waals surface area contributed by atoms with Gasteiger partial charge in [-0.3, -0.25) is 9.80 Å². The first-order valence-corrected chi connectivity index (χ1v) is 10.4. The standard InChI is InChI=1S/C22H27ClN2O4/c23-19-4-1-17(2-5-19)14-27-15-20(26)13-25-9-7-24(8-10-25)12-18-3-6-21-22(11-18)29-16-28-21/h1-6,11,20,26H,7-10,12-16H2/t20-/m0/s1. The quantitative estimate of drug-likeness (QED) is 0.711. The van der Waals surface area contributed by atoms with Gasteiger partial charge in [0.1, 0.15) is 0 Å². The molecule has 2 aliphatic heterocycles. The number of nitrogens with zero attached hydrogens (tertiary/aromatic N) is 2. The first kappa shape index (κ1) is 20.4. The molecule has 0 spiro atoms. The smallest absolute Gasteiger partial charge is 0.231 e. The summed E-state index contributed by atoms with van der Waals surface area (Å²) in [6.07, 6.45) is -0.484. The van der Waals surface area contributed by atoms with E-state index in [0.29, 0.717) is 31.6 Å². The Morgan fingerprint density at radius 2 is 1.62 bits per heavy atom. The number of hydrogen-bond donors (Lipinski definition) is 1. The van der Waals surface area contributed by atoms with Crippen LogP contribution < -0.4 is 9.47 Å². The van der Waals surface area contributed by atoms with E-state index in [1.165, 1.54) is 5.56 Å². The number of hydrogen-bond acceptors (Lipinski definition) is 6. The van der Waals surface area contributed by atoms with Crippen LogP contribution in [0.15, 0.2) is 42.5 Å². The third kappa shape index (κ3) is 5.84. The zero-order valence-corrected chi connectivity index (χ0v) is 17.2. The Bertz CT molecular complexity index is 794. The largest absolute Gasteiger partial charge is 0.454 e. The molecule has 0 radical (unpaired) electrons. The maximum Gasteiger partial charge on any atom is 0.231 e. The minimum atomic E-state index is -0.484. The lowest BCUT2D eigenvalue weighted by molar-refractivity contribution is 0.000875. The van der Waals surface area contributed by atoms with E-state index in [4.69, 9.17) is 25.8 Å². The van der Waals surface area contributed by atoms with Crippen LogP contribution in [0.3, 0.4) is 0 Å². The highest BCUT2D eigenvalue weighted by molar-refractivity contribution is 6.30. The molecule has 0 aliphatic carbocycles. The highest BCUT2D eigenvalue weighted by atomic mass is 35.5. The molecule has 4 rings (SSSR count). The zero-order chi connectivity index (χ0) is 20.1. The van der Waals surface area contributed by atoms with Gasteiger partial charge in [0.05, 0.1) is 19.3 Å². The maximum atomic E-state index is 10.3. The van der Waals surface area contributed by atoms with Crippen LogP contribution in [0.4, 0.5) is 0 Å². The molecule has 0 amide bonds. The molecule has 6 nitrogen and oxygen atoms in total. The molecule has 0 aromatic heterocycles. The molecular weight excluding hydrogens is 392 g/mol. The van der Waals surface area contributed by atoms with Gasteiger partial charge >= 0.3 is 0 Å². The van der Waals surface area contributed by atoms with Gasteiger partial charge in [0.15, 0.2) is 11.5 Å². The van der Waals surface area contributed by atoms with E-state index in [-0.39, 0.29) is 0 Å². The molecular formula is C22H27ClN2O4. The molecule has 0 unspecified atom stereocenters. The third-order valence-electron chi connectivity index (χ3n) is 5.27. The Balaban J connectivity index is 1.14. The van der Waals surface area contributed by atoms with Crippen molar-refractivity contribution in [3.05, 3.63) is 58.6 Å². The predicted molar refractivity (Wildman–Crippen MR) is 111 cm³/mol. The van der Waals surface area contributed by atoms with E-state index < -0.39 is 6.10 Å². The Kier molecular flexibility index (Phi) is 6.90. The predicted octanol–water partition coefficient (Wildman–Crippen LogP) is 2.76. The fraction of sp³-hybridized carbons (Fsp3) is 0.455. The average molecular weight is 419 g/mol. The minimum Gasteiger partial charge on any atom is -0.454 e. The molecule has 1 fully saturated rings. The number of aliphatic hydroxyl groups excluding tert-OH is 1. The number of piperazine rings is 1. The second-order valence-electron chi connectivity index (χ2n) is 7.56. The number of ether oxygens (including phenoxy) is 3. The summed E-state index contributed by atoms with van der Waals surface area (Å²) >= 11 is 5.88. The molecule has 7 heteroatoms. The molecule has 2 aliphatic rings. The number of fused-ring (bicyclic) bond motifs is 1. The van der Waals surface area contributed by atoms with E-state index in [9.17, 15) is 5.11 Å². The molecule has 1 saturated heterocycles. The summed E-state index contributed by atoms with van der Waals surface area (Å²) in [4.78, 5) is 4.73. The summed E-state index contributed by atoms with van der Waals surface area (Å²) in [5, 5.41) is 11.0. The van der Waals surface area contributed by atoms with Crippen molar-refractivity contribution in [2.24, 2.45) is 0 Å². The molecule has 2 aromatic rings. The Morgan fingerprint density at radius 3 is 2.41 bits per heavy atom. The molecule has 1 atom stereocenters. The van der Waals surface area contributed by atoms with E-state index in [0.717, 1.165) is 49.8 Å². The summed E-state index contributed by atoms with van der Waals surface area (Å²) in [7, 11) is 0. The number of benzene rings is 2. The van der Waals surface area contributed by atoms with E-state index >= 15 is 0 Å². The Labute approximate surface area is 176 Å². The van der Waals surface area contributed by atoms with Crippen LogP contribution in [0.1, 0.15) is 11.1 Å². The number of halogens is 1. The summed E-state index contributed by atoms with van der Waals surface area (Å²) in [5.41, 5.74) is 2.29. The lowest BCUT2D eigenvalue weighted by atomic mass is 10.1. The van der Waals surface area contributed by atoms with Crippen LogP contribution in [0, 0.1) is 0 Å². The van der Waals surface area contributed by atoms with Gasteiger partial charge in [-0.05, 0) is 35.4 Å². The molecule has 156 valence electrons. The number of rotatable bonds is 8. The van der Waals surface area contributed by atoms with Crippen LogP contribution in [0.5, 0.6) is 11.5 Å². The fourth-order valence-electron chi connectivity index (χ4n) is 3.67. The number of β-amino-alcohol motifs (C(OH)–C–C–N with tert-alkyl or cyclic N) is 1. The molecule has 29 heavy (non-hydrogen) atoms. The zero-order valence-electron chi connectivity index (χ0n) is 16.4. The second kappa shape index (κ2) is 9.78. The van der Waals surface area contributed by atoms with E-state index in [2.05, 4.69) is 21.9 Å². The SMILES string of the molecule is O[C@H](COCc1ccc(Cl)cc1)CN1CCN(Cc2ccc3c(c2)OCO3)CC1.